The molecule has 0 aliphatic carbocycles. The van der Waals surface area contributed by atoms with Crippen LogP contribution in [0.25, 0.3) is 20.5 Å². The Labute approximate surface area is 261 Å². The quantitative estimate of drug-likeness (QED) is 0.124. The van der Waals surface area contributed by atoms with Crippen LogP contribution in [-0.2, 0) is 11.0 Å². The molecule has 1 aliphatic heterocycles. The van der Waals surface area contributed by atoms with E-state index in [1.54, 1.807) is 18.4 Å². The molecule has 5 nitrogen and oxygen atoms in total. The first kappa shape index (κ1) is 31.5. The number of piperidine rings is 1. The Kier molecular flexibility index (Phi) is 9.76. The van der Waals surface area contributed by atoms with Crippen molar-refractivity contribution in [3.8, 4) is 21.9 Å². The summed E-state index contributed by atoms with van der Waals surface area (Å²) in [4.78, 5) is 17.5. The van der Waals surface area contributed by atoms with Crippen LogP contribution in [0.4, 0.5) is 0 Å². The molecule has 0 unspecified atom stereocenters. The molecule has 43 heavy (non-hydrogen) atoms. The van der Waals surface area contributed by atoms with Crippen molar-refractivity contribution in [3.05, 3.63) is 83.4 Å². The molecule has 0 spiro atoms. The first-order chi connectivity index (χ1) is 20.6. The molecule has 1 aliphatic rings. The molecule has 0 saturated carbocycles. The summed E-state index contributed by atoms with van der Waals surface area (Å²) in [6.07, 6.45) is 3.89. The van der Waals surface area contributed by atoms with Gasteiger partial charge < -0.3 is 13.9 Å². The second kappa shape index (κ2) is 13.3. The predicted octanol–water partition coefficient (Wildman–Crippen LogP) is 9.19. The molecular formula is C36H45NO4SSi. The van der Waals surface area contributed by atoms with Crippen molar-refractivity contribution in [1.29, 1.82) is 0 Å². The van der Waals surface area contributed by atoms with Gasteiger partial charge in [-0.3, -0.25) is 9.69 Å². The number of ketones is 1. The largest absolute Gasteiger partial charge is 0.497 e. The fraction of sp³-hybridized carbons (Fsp3) is 0.417. The first-order valence-corrected chi connectivity index (χ1v) is 19.1. The Bertz CT molecular complexity index is 1530. The molecule has 0 N–H and O–H groups in total. The topological polar surface area (TPSA) is 48.0 Å². The molecule has 0 amide bonds. The predicted molar refractivity (Wildman–Crippen MR) is 181 cm³/mol. The monoisotopic (exact) mass is 615 g/mol. The number of carbonyl (C=O) groups is 1. The van der Waals surface area contributed by atoms with Gasteiger partial charge in [0.05, 0.1) is 13.7 Å². The number of hydrogen-bond acceptors (Lipinski definition) is 6. The third-order valence-corrected chi connectivity index (χ3v) is 14.7. The zero-order valence-corrected chi connectivity index (χ0v) is 28.3. The van der Waals surface area contributed by atoms with Crippen LogP contribution in [0.1, 0.15) is 61.5 Å². The number of methoxy groups -OCH3 is 1. The van der Waals surface area contributed by atoms with Gasteiger partial charge >= 0.3 is 0 Å². The summed E-state index contributed by atoms with van der Waals surface area (Å²) in [5, 5.41) is 1.11. The van der Waals surface area contributed by atoms with E-state index in [0.29, 0.717) is 18.8 Å². The SMILES string of the molecule is COc1ccc2c(C(=O)c3ccc(OCCN4CCCCC4)cc3)c(-c3ccc(CO[Si](C)(C)C(C)(C)C)cc3)sc2c1. The fourth-order valence-corrected chi connectivity index (χ4v) is 7.38. The van der Waals surface area contributed by atoms with Crippen LogP contribution in [0.2, 0.25) is 18.1 Å². The van der Waals surface area contributed by atoms with E-state index < -0.39 is 8.32 Å². The Morgan fingerprint density at radius 2 is 1.58 bits per heavy atom. The van der Waals surface area contributed by atoms with Gasteiger partial charge in [0.2, 0.25) is 0 Å². The minimum Gasteiger partial charge on any atom is -0.497 e. The molecule has 3 aromatic carbocycles. The number of carbonyl (C=O) groups excluding carboxylic acids is 1. The van der Waals surface area contributed by atoms with Gasteiger partial charge in [-0.1, -0.05) is 51.5 Å². The second-order valence-corrected chi connectivity index (χ2v) is 18.9. The Balaban J connectivity index is 1.37. The van der Waals surface area contributed by atoms with Crippen molar-refractivity contribution < 1.29 is 18.7 Å². The lowest BCUT2D eigenvalue weighted by molar-refractivity contribution is 0.104. The van der Waals surface area contributed by atoms with Gasteiger partial charge in [0.25, 0.3) is 0 Å². The number of ether oxygens (including phenoxy) is 2. The molecule has 228 valence electrons. The summed E-state index contributed by atoms with van der Waals surface area (Å²) in [5.74, 6) is 1.59. The summed E-state index contributed by atoms with van der Waals surface area (Å²) < 4.78 is 19.0. The van der Waals surface area contributed by atoms with Gasteiger partial charge in [-0.25, -0.2) is 0 Å². The highest BCUT2D eigenvalue weighted by Crippen LogP contribution is 2.42. The average molecular weight is 616 g/mol. The Hall–Kier alpha value is -2.97. The van der Waals surface area contributed by atoms with Crippen LogP contribution in [0.3, 0.4) is 0 Å². The van der Waals surface area contributed by atoms with Crippen LogP contribution in [0, 0.1) is 0 Å². The van der Waals surface area contributed by atoms with Crippen LogP contribution < -0.4 is 9.47 Å². The van der Waals surface area contributed by atoms with Gasteiger partial charge in [0.1, 0.15) is 18.1 Å². The van der Waals surface area contributed by atoms with E-state index in [4.69, 9.17) is 13.9 Å². The lowest BCUT2D eigenvalue weighted by Gasteiger charge is -2.36. The molecule has 1 fully saturated rings. The molecule has 4 aromatic rings. The van der Waals surface area contributed by atoms with Gasteiger partial charge in [-0.05, 0) is 97.7 Å². The molecular weight excluding hydrogens is 571 g/mol. The smallest absolute Gasteiger partial charge is 0.195 e. The number of hydrogen-bond donors (Lipinski definition) is 0. The third kappa shape index (κ3) is 7.40. The normalized spacial score (nSPS) is 14.7. The average Bonchev–Trinajstić information content (AvgIpc) is 3.39. The number of fused-ring (bicyclic) bond motifs is 1. The van der Waals surface area contributed by atoms with Gasteiger partial charge in [-0.15, -0.1) is 11.3 Å². The molecule has 2 heterocycles. The zero-order chi connectivity index (χ0) is 30.6. The van der Waals surface area contributed by atoms with Crippen LogP contribution in [-0.4, -0.2) is 52.4 Å². The molecule has 1 aromatic heterocycles. The third-order valence-electron chi connectivity index (χ3n) is 8.99. The highest BCUT2D eigenvalue weighted by molar-refractivity contribution is 7.22. The van der Waals surface area contributed by atoms with E-state index in [1.807, 2.05) is 42.5 Å². The van der Waals surface area contributed by atoms with Crippen molar-refractivity contribution in [2.24, 2.45) is 0 Å². The summed E-state index contributed by atoms with van der Waals surface area (Å²) in [6, 6.07) is 22.0. The minimum atomic E-state index is -1.84. The van der Waals surface area contributed by atoms with Gasteiger partial charge in [-0.2, -0.15) is 0 Å². The zero-order valence-electron chi connectivity index (χ0n) is 26.5. The highest BCUT2D eigenvalue weighted by Gasteiger charge is 2.37. The lowest BCUT2D eigenvalue weighted by atomic mass is 9.97. The van der Waals surface area contributed by atoms with E-state index >= 15 is 0 Å². The van der Waals surface area contributed by atoms with Crippen molar-refractivity contribution in [2.75, 3.05) is 33.4 Å². The summed E-state index contributed by atoms with van der Waals surface area (Å²) in [7, 11) is -0.174. The highest BCUT2D eigenvalue weighted by atomic mass is 32.1. The second-order valence-electron chi connectivity index (χ2n) is 13.0. The first-order valence-electron chi connectivity index (χ1n) is 15.4. The van der Waals surface area contributed by atoms with Crippen LogP contribution in [0.15, 0.2) is 66.7 Å². The number of rotatable bonds is 11. The lowest BCUT2D eigenvalue weighted by Crippen LogP contribution is -2.40. The molecule has 0 bridgehead atoms. The number of likely N-dealkylation sites (tertiary alicyclic amines) is 1. The van der Waals surface area contributed by atoms with E-state index in [-0.39, 0.29) is 10.8 Å². The molecule has 1 saturated heterocycles. The van der Waals surface area contributed by atoms with Gasteiger partial charge in [0.15, 0.2) is 14.1 Å². The summed E-state index contributed by atoms with van der Waals surface area (Å²) in [5.41, 5.74) is 3.54. The molecule has 0 radical (unpaired) electrons. The number of thiophene rings is 1. The van der Waals surface area contributed by atoms with Crippen LogP contribution in [0.5, 0.6) is 11.5 Å². The van der Waals surface area contributed by atoms with Crippen LogP contribution >= 0.6 is 11.3 Å². The molecule has 0 atom stereocenters. The Morgan fingerprint density at radius 3 is 2.23 bits per heavy atom. The molecule has 5 rings (SSSR count). The summed E-state index contributed by atoms with van der Waals surface area (Å²) >= 11 is 1.63. The number of benzene rings is 3. The summed E-state index contributed by atoms with van der Waals surface area (Å²) in [6.45, 7) is 15.8. The molecule has 7 heteroatoms. The van der Waals surface area contributed by atoms with Crippen molar-refractivity contribution >= 4 is 35.5 Å². The van der Waals surface area contributed by atoms with E-state index in [2.05, 4.69) is 63.0 Å². The van der Waals surface area contributed by atoms with Crippen molar-refractivity contribution in [3.63, 3.8) is 0 Å². The Morgan fingerprint density at radius 1 is 0.907 bits per heavy atom. The maximum Gasteiger partial charge on any atom is 0.195 e. The van der Waals surface area contributed by atoms with E-state index in [0.717, 1.165) is 62.8 Å². The van der Waals surface area contributed by atoms with E-state index in [1.165, 1.54) is 19.3 Å². The van der Waals surface area contributed by atoms with Crippen molar-refractivity contribution in [1.82, 2.24) is 4.90 Å². The minimum absolute atomic E-state index is 0.0108. The maximum absolute atomic E-state index is 14.1. The number of nitrogens with zero attached hydrogens (tertiary/aromatic N) is 1. The van der Waals surface area contributed by atoms with Crippen molar-refractivity contribution in [2.45, 2.75) is 64.8 Å². The van der Waals surface area contributed by atoms with Gasteiger partial charge in [0, 0.05) is 32.6 Å². The standard InChI is InChI=1S/C36H45NO4SSi/c1-36(2,3)43(5,6)41-25-26-10-12-28(13-11-26)35-33(31-19-18-30(39-4)24-32(31)42-35)34(38)27-14-16-29(17-15-27)40-23-22-37-20-8-7-9-21-37/h10-19,24H,7-9,20-23,25H2,1-6H3. The fourth-order valence-electron chi connectivity index (χ4n) is 5.19. The maximum atomic E-state index is 14.1. The van der Waals surface area contributed by atoms with E-state index in [9.17, 15) is 4.79 Å².